The number of alkyl halides is 3. The molecule has 0 aliphatic heterocycles. The number of rotatable bonds is 3. The van der Waals surface area contributed by atoms with Gasteiger partial charge in [-0.25, -0.2) is 0 Å². The number of aromatic hydroxyl groups is 1. The van der Waals surface area contributed by atoms with Gasteiger partial charge in [-0.1, -0.05) is 6.07 Å². The predicted octanol–water partition coefficient (Wildman–Crippen LogP) is 3.37. The number of carbonyl (C=O) groups is 1. The Morgan fingerprint density at radius 2 is 2.00 bits per heavy atom. The Balaban J connectivity index is 2.43. The van der Waals surface area contributed by atoms with E-state index in [1.807, 2.05) is 5.32 Å². The number of nitro benzene ring substituents is 1. The van der Waals surface area contributed by atoms with E-state index in [-0.39, 0.29) is 5.56 Å². The van der Waals surface area contributed by atoms with E-state index in [2.05, 4.69) is 6.07 Å². The van der Waals surface area contributed by atoms with Crippen LogP contribution in [0.25, 0.3) is 0 Å². The fraction of sp³-hybridized carbons (Fsp3) is 0.0714. The van der Waals surface area contributed by atoms with Gasteiger partial charge in [0.05, 0.1) is 16.1 Å². The second kappa shape index (κ2) is 5.95. The molecule has 0 aliphatic rings. The topological polar surface area (TPSA) is 92.5 Å². The van der Waals surface area contributed by atoms with Crippen LogP contribution in [0.2, 0.25) is 0 Å². The molecule has 0 aliphatic carbocycles. The summed E-state index contributed by atoms with van der Waals surface area (Å²) in [4.78, 5) is 21.9. The molecule has 0 saturated carbocycles. The van der Waals surface area contributed by atoms with Crippen LogP contribution >= 0.6 is 0 Å². The number of halogens is 3. The number of nitrogens with zero attached hydrogens (tertiary/aromatic N) is 1. The molecule has 0 fully saturated rings. The van der Waals surface area contributed by atoms with E-state index in [1.165, 1.54) is 6.07 Å². The summed E-state index contributed by atoms with van der Waals surface area (Å²) in [5.74, 6) is -1.43. The molecule has 23 heavy (non-hydrogen) atoms. The highest BCUT2D eigenvalue weighted by atomic mass is 19.4. The van der Waals surface area contributed by atoms with Gasteiger partial charge < -0.3 is 10.4 Å². The number of amides is 1. The van der Waals surface area contributed by atoms with Gasteiger partial charge >= 0.3 is 6.18 Å². The van der Waals surface area contributed by atoms with Gasteiger partial charge in [0.2, 0.25) is 0 Å². The Morgan fingerprint density at radius 3 is 2.57 bits per heavy atom. The van der Waals surface area contributed by atoms with Gasteiger partial charge in [0.15, 0.2) is 0 Å². The lowest BCUT2D eigenvalue weighted by Crippen LogP contribution is -2.14. The quantitative estimate of drug-likeness (QED) is 0.668. The average Bonchev–Trinajstić information content (AvgIpc) is 2.46. The van der Waals surface area contributed by atoms with Crippen LogP contribution in [0.4, 0.5) is 24.5 Å². The molecule has 1 radical (unpaired) electrons. The van der Waals surface area contributed by atoms with Crippen LogP contribution in [0.3, 0.4) is 0 Å². The number of phenolic OH excluding ortho intramolecular Hbond substituents is 1. The number of phenols is 1. The lowest BCUT2D eigenvalue weighted by atomic mass is 10.1. The minimum absolute atomic E-state index is 0.279. The smallest absolute Gasteiger partial charge is 0.416 e. The summed E-state index contributed by atoms with van der Waals surface area (Å²) in [6.07, 6.45) is -4.72. The highest BCUT2D eigenvalue weighted by molar-refractivity contribution is 6.07. The predicted molar refractivity (Wildman–Crippen MR) is 73.0 cm³/mol. The van der Waals surface area contributed by atoms with Crippen LogP contribution in [0, 0.1) is 16.2 Å². The number of benzene rings is 2. The van der Waals surface area contributed by atoms with Gasteiger partial charge in [-0.05, 0) is 30.3 Å². The third-order valence-corrected chi connectivity index (χ3v) is 2.85. The fourth-order valence-electron chi connectivity index (χ4n) is 1.77. The Morgan fingerprint density at radius 1 is 1.30 bits per heavy atom. The van der Waals surface area contributed by atoms with Crippen molar-refractivity contribution in [3.63, 3.8) is 0 Å². The molecular formula is C14H8F3N2O4. The zero-order valence-electron chi connectivity index (χ0n) is 11.2. The molecule has 0 heterocycles. The lowest BCUT2D eigenvalue weighted by molar-refractivity contribution is -0.384. The molecule has 2 aromatic carbocycles. The van der Waals surface area contributed by atoms with E-state index in [1.54, 1.807) is 0 Å². The second-order valence-electron chi connectivity index (χ2n) is 4.38. The minimum atomic E-state index is -4.72. The molecule has 2 N–H and O–H groups in total. The molecule has 0 saturated heterocycles. The molecule has 6 nitrogen and oxygen atoms in total. The molecule has 0 bridgehead atoms. The van der Waals surface area contributed by atoms with Crippen LogP contribution < -0.4 is 5.32 Å². The highest BCUT2D eigenvalue weighted by Gasteiger charge is 2.32. The van der Waals surface area contributed by atoms with Crippen molar-refractivity contribution in [2.75, 3.05) is 5.32 Å². The Labute approximate surface area is 127 Å². The first kappa shape index (κ1) is 16.3. The van der Waals surface area contributed by atoms with Crippen molar-refractivity contribution in [1.82, 2.24) is 0 Å². The first-order valence-corrected chi connectivity index (χ1v) is 6.06. The van der Waals surface area contributed by atoms with Crippen LogP contribution in [-0.2, 0) is 6.18 Å². The van der Waals surface area contributed by atoms with Crippen LogP contribution in [0.5, 0.6) is 5.75 Å². The molecule has 2 aromatic rings. The van der Waals surface area contributed by atoms with Crippen LogP contribution in [-0.4, -0.2) is 15.9 Å². The lowest BCUT2D eigenvalue weighted by Gasteiger charge is -2.11. The van der Waals surface area contributed by atoms with E-state index in [0.29, 0.717) is 18.2 Å². The third-order valence-electron chi connectivity index (χ3n) is 2.85. The zero-order chi connectivity index (χ0) is 17.2. The molecule has 0 atom stereocenters. The van der Waals surface area contributed by atoms with Gasteiger partial charge in [-0.3, -0.25) is 14.9 Å². The molecule has 0 unspecified atom stereocenters. The van der Waals surface area contributed by atoms with E-state index in [4.69, 9.17) is 0 Å². The summed E-state index contributed by atoms with van der Waals surface area (Å²) in [5.41, 5.74) is -2.76. The normalized spacial score (nSPS) is 11.1. The number of carbonyl (C=O) groups excluding carboxylic acids is 1. The van der Waals surface area contributed by atoms with Crippen molar-refractivity contribution >= 4 is 17.3 Å². The van der Waals surface area contributed by atoms with E-state index in [0.717, 1.165) is 12.1 Å². The van der Waals surface area contributed by atoms with Gasteiger partial charge in [0.25, 0.3) is 11.6 Å². The summed E-state index contributed by atoms with van der Waals surface area (Å²) >= 11 is 0. The molecule has 0 spiro atoms. The number of nitrogens with one attached hydrogen (secondary N) is 1. The summed E-state index contributed by atoms with van der Waals surface area (Å²) in [7, 11) is 0. The van der Waals surface area contributed by atoms with Gasteiger partial charge in [-0.15, -0.1) is 0 Å². The van der Waals surface area contributed by atoms with Gasteiger partial charge in [-0.2, -0.15) is 13.2 Å². The van der Waals surface area contributed by atoms with E-state index < -0.39 is 39.7 Å². The van der Waals surface area contributed by atoms with Crippen LogP contribution in [0.1, 0.15) is 15.9 Å². The van der Waals surface area contributed by atoms with Gasteiger partial charge in [0.1, 0.15) is 11.4 Å². The Bertz CT molecular complexity index is 775. The van der Waals surface area contributed by atoms with Crippen molar-refractivity contribution in [2.45, 2.75) is 6.18 Å². The van der Waals surface area contributed by atoms with Crippen molar-refractivity contribution in [3.8, 4) is 5.75 Å². The summed E-state index contributed by atoms with van der Waals surface area (Å²) in [6.45, 7) is 0. The Kier molecular flexibility index (Phi) is 4.21. The maximum atomic E-state index is 12.7. The first-order chi connectivity index (χ1) is 10.7. The maximum absolute atomic E-state index is 12.7. The second-order valence-corrected chi connectivity index (χ2v) is 4.38. The molecule has 119 valence electrons. The van der Waals surface area contributed by atoms with Crippen LogP contribution in [0.15, 0.2) is 36.4 Å². The van der Waals surface area contributed by atoms with E-state index >= 15 is 0 Å². The molecule has 2 rings (SSSR count). The molecule has 0 aromatic heterocycles. The molecule has 1 amide bonds. The monoisotopic (exact) mass is 325 g/mol. The maximum Gasteiger partial charge on any atom is 0.416 e. The first-order valence-electron chi connectivity index (χ1n) is 6.06. The summed E-state index contributed by atoms with van der Waals surface area (Å²) < 4.78 is 38.1. The van der Waals surface area contributed by atoms with Crippen molar-refractivity contribution < 1.29 is 28.0 Å². The van der Waals surface area contributed by atoms with Crippen molar-refractivity contribution in [1.29, 1.82) is 0 Å². The highest BCUT2D eigenvalue weighted by Crippen LogP contribution is 2.35. The summed E-state index contributed by atoms with van der Waals surface area (Å²) in [5, 5.41) is 22.4. The standard InChI is InChI=1S/C14H8F3N2O4/c15-14(16,17)8-5-6-11(19(22)23)10(7-8)18-13(21)9-3-1-2-4-12(9)20/h2-7,20H,(H,18,21). The SMILES string of the molecule is O=C(Nc1cc(C(F)(F)F)ccc1[N+](=O)[O-])c1c[c]ccc1O. The average molecular weight is 325 g/mol. The largest absolute Gasteiger partial charge is 0.507 e. The number of nitro groups is 1. The Hall–Kier alpha value is -3.10. The zero-order valence-corrected chi connectivity index (χ0v) is 11.2. The molecular weight excluding hydrogens is 317 g/mol. The number of hydrogen-bond donors (Lipinski definition) is 2. The van der Waals surface area contributed by atoms with Crippen molar-refractivity contribution in [2.24, 2.45) is 0 Å². The van der Waals surface area contributed by atoms with Gasteiger partial charge in [0, 0.05) is 6.07 Å². The van der Waals surface area contributed by atoms with E-state index in [9.17, 15) is 33.2 Å². The minimum Gasteiger partial charge on any atom is -0.507 e. The molecule has 9 heteroatoms. The third kappa shape index (κ3) is 3.57. The fourth-order valence-corrected chi connectivity index (χ4v) is 1.77. The number of hydrogen-bond acceptors (Lipinski definition) is 4. The summed E-state index contributed by atoms with van der Waals surface area (Å²) in [6, 6.07) is 7.72. The number of anilines is 1. The van der Waals surface area contributed by atoms with Crippen molar-refractivity contribution in [3.05, 3.63) is 63.7 Å².